The Morgan fingerprint density at radius 3 is 2.78 bits per heavy atom. The number of hydrogen-bond acceptors (Lipinski definition) is 4. The predicted octanol–water partition coefficient (Wildman–Crippen LogP) is 3.84. The van der Waals surface area contributed by atoms with Crippen LogP contribution in [-0.4, -0.2) is 29.5 Å². The summed E-state index contributed by atoms with van der Waals surface area (Å²) in [5.74, 6) is 0.0172. The number of fused-ring (bicyclic) bond motifs is 1. The van der Waals surface area contributed by atoms with Crippen LogP contribution < -0.4 is 15.5 Å². The molecule has 0 bridgehead atoms. The van der Waals surface area contributed by atoms with Crippen molar-refractivity contribution in [2.24, 2.45) is 0 Å². The van der Waals surface area contributed by atoms with Crippen LogP contribution >= 0.6 is 11.3 Å². The fourth-order valence-corrected chi connectivity index (χ4v) is 4.05. The third kappa shape index (κ3) is 3.64. The molecule has 6 nitrogen and oxygen atoms in total. The average molecular weight is 380 g/mol. The summed E-state index contributed by atoms with van der Waals surface area (Å²) >= 11 is 1.42. The van der Waals surface area contributed by atoms with E-state index in [1.54, 1.807) is 4.90 Å². The van der Waals surface area contributed by atoms with Crippen molar-refractivity contribution < 1.29 is 9.59 Å². The van der Waals surface area contributed by atoms with Gasteiger partial charge in [-0.3, -0.25) is 10.1 Å². The lowest BCUT2D eigenvalue weighted by atomic mass is 10.1. The van der Waals surface area contributed by atoms with Crippen LogP contribution in [0.2, 0.25) is 0 Å². The second-order valence-electron chi connectivity index (χ2n) is 6.76. The van der Waals surface area contributed by atoms with Gasteiger partial charge in [0, 0.05) is 18.7 Å². The highest BCUT2D eigenvalue weighted by Gasteiger charge is 2.31. The standard InChI is InChI=1S/C20H20N4O2S/c1-12-7-8-15(9-13(12)2)24-11-14(10-18(24)25)21-19(26)23-20-22-16-5-3-4-6-17(16)27-20/h3-9,14H,10-11H2,1-2H3,(H2,21,22,23,26). The molecule has 1 aliphatic heterocycles. The van der Waals surface area contributed by atoms with Crippen LogP contribution in [0.4, 0.5) is 15.6 Å². The van der Waals surface area contributed by atoms with Crippen molar-refractivity contribution in [3.8, 4) is 0 Å². The normalized spacial score (nSPS) is 16.7. The van der Waals surface area contributed by atoms with Crippen LogP contribution in [0.5, 0.6) is 0 Å². The number of carbonyl (C=O) groups excluding carboxylic acids is 2. The van der Waals surface area contributed by atoms with Crippen LogP contribution in [0, 0.1) is 13.8 Å². The zero-order chi connectivity index (χ0) is 19.0. The SMILES string of the molecule is Cc1ccc(N2CC(NC(=O)Nc3nc4ccccc4s3)CC2=O)cc1C. The van der Waals surface area contributed by atoms with Crippen LogP contribution in [0.1, 0.15) is 17.5 Å². The van der Waals surface area contributed by atoms with Gasteiger partial charge >= 0.3 is 6.03 Å². The highest BCUT2D eigenvalue weighted by Crippen LogP contribution is 2.26. The van der Waals surface area contributed by atoms with E-state index >= 15 is 0 Å². The largest absolute Gasteiger partial charge is 0.333 e. The van der Waals surface area contributed by atoms with Gasteiger partial charge < -0.3 is 10.2 Å². The highest BCUT2D eigenvalue weighted by molar-refractivity contribution is 7.22. The Kier molecular flexibility index (Phi) is 4.53. The third-order valence-corrected chi connectivity index (χ3v) is 5.73. The van der Waals surface area contributed by atoms with Crippen LogP contribution in [0.25, 0.3) is 10.2 Å². The van der Waals surface area contributed by atoms with E-state index in [1.807, 2.05) is 56.3 Å². The molecule has 2 heterocycles. The van der Waals surface area contributed by atoms with Crippen molar-refractivity contribution in [1.82, 2.24) is 10.3 Å². The molecule has 1 fully saturated rings. The predicted molar refractivity (Wildman–Crippen MR) is 108 cm³/mol. The molecule has 3 aromatic rings. The maximum Gasteiger partial charge on any atom is 0.321 e. The topological polar surface area (TPSA) is 74.3 Å². The second-order valence-corrected chi connectivity index (χ2v) is 7.79. The molecular weight excluding hydrogens is 360 g/mol. The Morgan fingerprint density at radius 2 is 2.00 bits per heavy atom. The molecule has 27 heavy (non-hydrogen) atoms. The maximum atomic E-state index is 12.4. The molecule has 138 valence electrons. The van der Waals surface area contributed by atoms with Gasteiger partial charge in [0.15, 0.2) is 5.13 Å². The number of aromatic nitrogens is 1. The van der Waals surface area contributed by atoms with Crippen LogP contribution in [0.15, 0.2) is 42.5 Å². The van der Waals surface area contributed by atoms with E-state index in [2.05, 4.69) is 15.6 Å². The van der Waals surface area contributed by atoms with E-state index in [-0.39, 0.29) is 18.0 Å². The van der Waals surface area contributed by atoms with Crippen molar-refractivity contribution in [3.63, 3.8) is 0 Å². The Bertz CT molecular complexity index is 997. The first kappa shape index (κ1) is 17.5. The first-order chi connectivity index (χ1) is 13.0. The van der Waals surface area contributed by atoms with Gasteiger partial charge in [-0.15, -0.1) is 0 Å². The van der Waals surface area contributed by atoms with Gasteiger partial charge in [0.05, 0.1) is 16.3 Å². The molecule has 2 N–H and O–H groups in total. The average Bonchev–Trinajstić information content (AvgIpc) is 3.19. The molecule has 4 rings (SSSR count). The monoisotopic (exact) mass is 380 g/mol. The molecule has 1 aromatic heterocycles. The van der Waals surface area contributed by atoms with E-state index in [0.29, 0.717) is 18.1 Å². The van der Waals surface area contributed by atoms with Gasteiger partial charge in [0.1, 0.15) is 0 Å². The molecule has 1 atom stereocenters. The molecule has 2 aromatic carbocycles. The summed E-state index contributed by atoms with van der Waals surface area (Å²) in [7, 11) is 0. The lowest BCUT2D eigenvalue weighted by Crippen LogP contribution is -2.39. The highest BCUT2D eigenvalue weighted by atomic mass is 32.1. The lowest BCUT2D eigenvalue weighted by molar-refractivity contribution is -0.117. The van der Waals surface area contributed by atoms with E-state index in [1.165, 1.54) is 16.9 Å². The minimum absolute atomic E-state index is 0.0172. The Labute approximate surface area is 161 Å². The molecule has 1 aliphatic rings. The van der Waals surface area contributed by atoms with Crippen LogP contribution in [0.3, 0.4) is 0 Å². The number of aryl methyl sites for hydroxylation is 2. The van der Waals surface area contributed by atoms with Gasteiger partial charge in [0.2, 0.25) is 5.91 Å². The van der Waals surface area contributed by atoms with Crippen molar-refractivity contribution in [2.75, 3.05) is 16.8 Å². The number of thiazole rings is 1. The number of benzene rings is 2. The zero-order valence-electron chi connectivity index (χ0n) is 15.2. The lowest BCUT2D eigenvalue weighted by Gasteiger charge is -2.18. The van der Waals surface area contributed by atoms with Crippen molar-refractivity contribution >= 4 is 44.3 Å². The number of urea groups is 1. The molecule has 0 saturated carbocycles. The first-order valence-corrected chi connectivity index (χ1v) is 9.62. The van der Waals surface area contributed by atoms with E-state index in [9.17, 15) is 9.59 Å². The molecule has 7 heteroatoms. The molecule has 0 spiro atoms. The van der Waals surface area contributed by atoms with Crippen molar-refractivity contribution in [3.05, 3.63) is 53.6 Å². The minimum atomic E-state index is -0.339. The fraction of sp³-hybridized carbons (Fsp3) is 0.250. The summed E-state index contributed by atoms with van der Waals surface area (Å²) in [4.78, 5) is 30.8. The second kappa shape index (κ2) is 7.00. The number of hydrogen-bond donors (Lipinski definition) is 2. The number of rotatable bonds is 3. The van der Waals surface area contributed by atoms with E-state index in [0.717, 1.165) is 21.5 Å². The number of nitrogens with zero attached hydrogens (tertiary/aromatic N) is 2. The summed E-state index contributed by atoms with van der Waals surface area (Å²) in [6, 6.07) is 13.1. The van der Waals surface area contributed by atoms with E-state index < -0.39 is 0 Å². The van der Waals surface area contributed by atoms with Gasteiger partial charge in [-0.25, -0.2) is 9.78 Å². The maximum absolute atomic E-state index is 12.4. The third-order valence-electron chi connectivity index (χ3n) is 4.78. The molecule has 0 aliphatic carbocycles. The van der Waals surface area contributed by atoms with Crippen LogP contribution in [-0.2, 0) is 4.79 Å². The van der Waals surface area contributed by atoms with Gasteiger partial charge in [0.25, 0.3) is 0 Å². The zero-order valence-corrected chi connectivity index (χ0v) is 16.0. The van der Waals surface area contributed by atoms with Crippen molar-refractivity contribution in [2.45, 2.75) is 26.3 Å². The Hall–Kier alpha value is -2.93. The molecule has 1 saturated heterocycles. The van der Waals surface area contributed by atoms with Crippen molar-refractivity contribution in [1.29, 1.82) is 0 Å². The summed E-state index contributed by atoms with van der Waals surface area (Å²) in [6.45, 7) is 4.54. The van der Waals surface area contributed by atoms with Gasteiger partial charge in [-0.05, 0) is 49.2 Å². The smallest absolute Gasteiger partial charge is 0.321 e. The van der Waals surface area contributed by atoms with E-state index in [4.69, 9.17) is 0 Å². The summed E-state index contributed by atoms with van der Waals surface area (Å²) in [5, 5.41) is 6.20. The van der Waals surface area contributed by atoms with Gasteiger partial charge in [-0.2, -0.15) is 0 Å². The molecule has 1 unspecified atom stereocenters. The minimum Gasteiger partial charge on any atom is -0.333 e. The number of carbonyl (C=O) groups is 2. The summed E-state index contributed by atoms with van der Waals surface area (Å²) < 4.78 is 1.02. The molecule has 3 amide bonds. The number of nitrogens with one attached hydrogen (secondary N) is 2. The fourth-order valence-electron chi connectivity index (χ4n) is 3.19. The summed E-state index contributed by atoms with van der Waals surface area (Å²) in [6.07, 6.45) is 0.292. The number of para-hydroxylation sites is 1. The summed E-state index contributed by atoms with van der Waals surface area (Å²) in [5.41, 5.74) is 4.06. The number of anilines is 2. The molecular formula is C20H20N4O2S. The molecule has 0 radical (unpaired) electrons. The Balaban J connectivity index is 1.40. The van der Waals surface area contributed by atoms with Gasteiger partial charge in [-0.1, -0.05) is 29.5 Å². The quantitative estimate of drug-likeness (QED) is 0.725. The Morgan fingerprint density at radius 1 is 1.19 bits per heavy atom. The number of amides is 3. The first-order valence-electron chi connectivity index (χ1n) is 8.80.